The van der Waals surface area contributed by atoms with Crippen LogP contribution >= 0.6 is 0 Å². The molecule has 0 aromatic carbocycles. The molecule has 0 heteroatoms. The van der Waals surface area contributed by atoms with E-state index in [1.807, 2.05) is 6.08 Å². The van der Waals surface area contributed by atoms with E-state index < -0.39 is 0 Å². The molecule has 0 aliphatic heterocycles. The van der Waals surface area contributed by atoms with Crippen molar-refractivity contribution < 1.29 is 0 Å². The van der Waals surface area contributed by atoms with E-state index in [1.54, 1.807) is 0 Å². The lowest BCUT2D eigenvalue weighted by Gasteiger charge is -2.03. The molecule has 1 rings (SSSR count). The predicted molar refractivity (Wildman–Crippen MR) is 59.7 cm³/mol. The Morgan fingerprint density at radius 1 is 1.46 bits per heavy atom. The molecule has 13 heavy (non-hydrogen) atoms. The van der Waals surface area contributed by atoms with Crippen LogP contribution in [0.4, 0.5) is 0 Å². The average molecular weight is 176 g/mol. The van der Waals surface area contributed by atoms with Gasteiger partial charge in [0.1, 0.15) is 0 Å². The van der Waals surface area contributed by atoms with Gasteiger partial charge in [-0.15, -0.1) is 6.58 Å². The van der Waals surface area contributed by atoms with E-state index in [0.717, 1.165) is 6.42 Å². The first-order valence-electron chi connectivity index (χ1n) is 5.36. The highest BCUT2D eigenvalue weighted by molar-refractivity contribution is 5.30. The molecule has 0 nitrogen and oxygen atoms in total. The molecule has 0 saturated heterocycles. The molecule has 0 fully saturated rings. The molecule has 1 aliphatic rings. The normalized spacial score (nSPS) is 20.4. The van der Waals surface area contributed by atoms with Crippen molar-refractivity contribution in [2.45, 2.75) is 39.0 Å². The SMILES string of the molecule is C=CCC1=CC(CCCCC)C=C1. The second kappa shape index (κ2) is 5.80. The fourth-order valence-corrected chi connectivity index (χ4v) is 1.75. The highest BCUT2D eigenvalue weighted by Gasteiger charge is 2.07. The fraction of sp³-hybridized carbons (Fsp3) is 0.538. The molecular formula is C13H20. The van der Waals surface area contributed by atoms with Gasteiger partial charge in [0, 0.05) is 0 Å². The summed E-state index contributed by atoms with van der Waals surface area (Å²) < 4.78 is 0. The van der Waals surface area contributed by atoms with Crippen molar-refractivity contribution in [1.29, 1.82) is 0 Å². The van der Waals surface area contributed by atoms with E-state index in [1.165, 1.54) is 31.3 Å². The topological polar surface area (TPSA) is 0 Å². The van der Waals surface area contributed by atoms with Crippen molar-refractivity contribution in [2.75, 3.05) is 0 Å². The molecule has 0 bridgehead atoms. The standard InChI is InChI=1S/C13H20/c1-3-5-6-8-13-10-9-12(11-13)7-4-2/h4,9-11,13H,2-3,5-8H2,1H3. The molecule has 0 spiro atoms. The lowest BCUT2D eigenvalue weighted by Crippen LogP contribution is -1.88. The molecule has 0 amide bonds. The van der Waals surface area contributed by atoms with Crippen LogP contribution in [0.1, 0.15) is 39.0 Å². The van der Waals surface area contributed by atoms with Crippen LogP contribution < -0.4 is 0 Å². The predicted octanol–water partition coefficient (Wildman–Crippen LogP) is 4.26. The summed E-state index contributed by atoms with van der Waals surface area (Å²) >= 11 is 0. The molecule has 1 unspecified atom stereocenters. The maximum absolute atomic E-state index is 3.75. The maximum atomic E-state index is 3.75. The molecule has 0 heterocycles. The zero-order valence-corrected chi connectivity index (χ0v) is 8.63. The van der Waals surface area contributed by atoms with Gasteiger partial charge in [-0.25, -0.2) is 0 Å². The van der Waals surface area contributed by atoms with Crippen LogP contribution in [-0.2, 0) is 0 Å². The molecular weight excluding hydrogens is 156 g/mol. The summed E-state index contributed by atoms with van der Waals surface area (Å²) in [6.45, 7) is 6.00. The third kappa shape index (κ3) is 3.63. The first-order chi connectivity index (χ1) is 6.36. The third-order valence-electron chi connectivity index (χ3n) is 2.51. The van der Waals surface area contributed by atoms with Gasteiger partial charge >= 0.3 is 0 Å². The third-order valence-corrected chi connectivity index (χ3v) is 2.51. The van der Waals surface area contributed by atoms with Gasteiger partial charge < -0.3 is 0 Å². The number of allylic oxidation sites excluding steroid dienone is 5. The Labute approximate surface area is 82.0 Å². The van der Waals surface area contributed by atoms with Crippen molar-refractivity contribution in [1.82, 2.24) is 0 Å². The Kier molecular flexibility index (Phi) is 4.59. The molecule has 0 N–H and O–H groups in total. The number of hydrogen-bond acceptors (Lipinski definition) is 0. The molecule has 72 valence electrons. The van der Waals surface area contributed by atoms with Gasteiger partial charge in [-0.3, -0.25) is 0 Å². The van der Waals surface area contributed by atoms with E-state index >= 15 is 0 Å². The summed E-state index contributed by atoms with van der Waals surface area (Å²) in [4.78, 5) is 0. The van der Waals surface area contributed by atoms with E-state index in [2.05, 4.69) is 31.7 Å². The van der Waals surface area contributed by atoms with Gasteiger partial charge in [-0.1, -0.05) is 50.5 Å². The summed E-state index contributed by atoms with van der Waals surface area (Å²) in [5, 5.41) is 0. The smallest absolute Gasteiger partial charge is 0.00443 e. The van der Waals surface area contributed by atoms with Crippen molar-refractivity contribution in [3.63, 3.8) is 0 Å². The number of unbranched alkanes of at least 4 members (excludes halogenated alkanes) is 2. The second-order valence-corrected chi connectivity index (χ2v) is 3.75. The Balaban J connectivity index is 2.23. The second-order valence-electron chi connectivity index (χ2n) is 3.75. The van der Waals surface area contributed by atoms with Gasteiger partial charge in [0.2, 0.25) is 0 Å². The summed E-state index contributed by atoms with van der Waals surface area (Å²) in [5.41, 5.74) is 1.44. The van der Waals surface area contributed by atoms with Crippen LogP contribution in [0.15, 0.2) is 36.5 Å². The first-order valence-corrected chi connectivity index (χ1v) is 5.36. The van der Waals surface area contributed by atoms with Crippen LogP contribution in [0.25, 0.3) is 0 Å². The molecule has 0 radical (unpaired) electrons. The van der Waals surface area contributed by atoms with Gasteiger partial charge in [-0.05, 0) is 24.3 Å². The molecule has 1 atom stereocenters. The Bertz CT molecular complexity index is 208. The van der Waals surface area contributed by atoms with E-state index in [0.29, 0.717) is 5.92 Å². The van der Waals surface area contributed by atoms with Crippen molar-refractivity contribution in [3.05, 3.63) is 36.5 Å². The Hall–Kier alpha value is -0.780. The van der Waals surface area contributed by atoms with Crippen LogP contribution in [0, 0.1) is 5.92 Å². The molecule has 0 aromatic rings. The van der Waals surface area contributed by atoms with Crippen LogP contribution in [0.3, 0.4) is 0 Å². The zero-order chi connectivity index (χ0) is 9.52. The molecule has 1 aliphatic carbocycles. The van der Waals surface area contributed by atoms with Gasteiger partial charge in [0.15, 0.2) is 0 Å². The van der Waals surface area contributed by atoms with Crippen molar-refractivity contribution >= 4 is 0 Å². The van der Waals surface area contributed by atoms with Crippen LogP contribution in [-0.4, -0.2) is 0 Å². The highest BCUT2D eigenvalue weighted by Crippen LogP contribution is 2.23. The summed E-state index contributed by atoms with van der Waals surface area (Å²) in [6.07, 6.45) is 15.3. The van der Waals surface area contributed by atoms with Crippen molar-refractivity contribution in [2.24, 2.45) is 5.92 Å². The van der Waals surface area contributed by atoms with Crippen LogP contribution in [0.2, 0.25) is 0 Å². The quantitative estimate of drug-likeness (QED) is 0.419. The lowest BCUT2D eigenvalue weighted by molar-refractivity contribution is 0.614. The minimum Gasteiger partial charge on any atom is -0.103 e. The number of rotatable bonds is 6. The van der Waals surface area contributed by atoms with E-state index in [9.17, 15) is 0 Å². The highest BCUT2D eigenvalue weighted by atomic mass is 14.1. The monoisotopic (exact) mass is 176 g/mol. The van der Waals surface area contributed by atoms with Crippen LogP contribution in [0.5, 0.6) is 0 Å². The Morgan fingerprint density at radius 2 is 2.31 bits per heavy atom. The maximum Gasteiger partial charge on any atom is -0.00443 e. The van der Waals surface area contributed by atoms with E-state index in [-0.39, 0.29) is 0 Å². The number of hydrogen-bond donors (Lipinski definition) is 0. The fourth-order valence-electron chi connectivity index (χ4n) is 1.75. The summed E-state index contributed by atoms with van der Waals surface area (Å²) in [6, 6.07) is 0. The Morgan fingerprint density at radius 3 is 3.00 bits per heavy atom. The van der Waals surface area contributed by atoms with Gasteiger partial charge in [0.25, 0.3) is 0 Å². The minimum absolute atomic E-state index is 0.710. The van der Waals surface area contributed by atoms with E-state index in [4.69, 9.17) is 0 Å². The molecule has 0 saturated carbocycles. The van der Waals surface area contributed by atoms with Gasteiger partial charge in [-0.2, -0.15) is 0 Å². The zero-order valence-electron chi connectivity index (χ0n) is 8.63. The summed E-state index contributed by atoms with van der Waals surface area (Å²) in [7, 11) is 0. The first kappa shape index (κ1) is 10.3. The summed E-state index contributed by atoms with van der Waals surface area (Å²) in [5.74, 6) is 0.710. The van der Waals surface area contributed by atoms with Crippen molar-refractivity contribution in [3.8, 4) is 0 Å². The minimum atomic E-state index is 0.710. The largest absolute Gasteiger partial charge is 0.103 e. The molecule has 0 aromatic heterocycles. The lowest BCUT2D eigenvalue weighted by atomic mass is 10.0. The van der Waals surface area contributed by atoms with Gasteiger partial charge in [0.05, 0.1) is 0 Å². The average Bonchev–Trinajstić information content (AvgIpc) is 2.54.